The highest BCUT2D eigenvalue weighted by atomic mass is 35.5. The second-order valence-corrected chi connectivity index (χ2v) is 8.44. The Labute approximate surface area is 157 Å². The van der Waals surface area contributed by atoms with Crippen LogP contribution in [0.1, 0.15) is 10.4 Å². The van der Waals surface area contributed by atoms with Gasteiger partial charge in [-0.1, -0.05) is 11.6 Å². The third-order valence-corrected chi connectivity index (χ3v) is 6.75. The molecule has 1 aromatic carbocycles. The van der Waals surface area contributed by atoms with E-state index in [-0.39, 0.29) is 34.5 Å². The van der Waals surface area contributed by atoms with Crippen molar-refractivity contribution in [1.82, 2.24) is 14.1 Å². The standard InChI is InChI=1S/C16H20ClN3O5S/c17-15-2-1-13(26(23,24)20-7-9-25-10-8-20)11-14(15)16(22)19-5-3-18(12-21)4-6-19/h1-2,11-12H,3-10H2. The molecule has 2 saturated heterocycles. The minimum atomic E-state index is -3.71. The molecule has 0 N–H and O–H groups in total. The number of amides is 2. The molecule has 0 saturated carbocycles. The van der Waals surface area contributed by atoms with Crippen molar-refractivity contribution in [1.29, 1.82) is 0 Å². The van der Waals surface area contributed by atoms with E-state index in [1.54, 1.807) is 9.80 Å². The fraction of sp³-hybridized carbons (Fsp3) is 0.500. The van der Waals surface area contributed by atoms with Crippen LogP contribution in [0.2, 0.25) is 5.02 Å². The topological polar surface area (TPSA) is 87.2 Å². The molecule has 0 aromatic heterocycles. The quantitative estimate of drug-likeness (QED) is 0.676. The van der Waals surface area contributed by atoms with Gasteiger partial charge in [-0.2, -0.15) is 4.31 Å². The zero-order chi connectivity index (χ0) is 18.7. The van der Waals surface area contributed by atoms with Gasteiger partial charge in [0.25, 0.3) is 5.91 Å². The van der Waals surface area contributed by atoms with Gasteiger partial charge in [0.2, 0.25) is 16.4 Å². The highest BCUT2D eigenvalue weighted by Gasteiger charge is 2.29. The Morgan fingerprint density at radius 1 is 1.08 bits per heavy atom. The lowest BCUT2D eigenvalue weighted by molar-refractivity contribution is -0.119. The van der Waals surface area contributed by atoms with Crippen molar-refractivity contribution < 1.29 is 22.7 Å². The van der Waals surface area contributed by atoms with Gasteiger partial charge in [0.05, 0.1) is 28.7 Å². The van der Waals surface area contributed by atoms with Gasteiger partial charge in [-0.3, -0.25) is 9.59 Å². The number of nitrogens with zero attached hydrogens (tertiary/aromatic N) is 3. The molecule has 0 bridgehead atoms. The Kier molecular flexibility index (Phi) is 5.81. The van der Waals surface area contributed by atoms with Crippen molar-refractivity contribution in [2.45, 2.75) is 4.90 Å². The predicted octanol–water partition coefficient (Wildman–Crippen LogP) is 0.275. The molecule has 0 unspecified atom stereocenters. The number of ether oxygens (including phenoxy) is 1. The van der Waals surface area contributed by atoms with Crippen LogP contribution in [0.3, 0.4) is 0 Å². The molecule has 2 aliphatic rings. The number of rotatable bonds is 4. The smallest absolute Gasteiger partial charge is 0.255 e. The zero-order valence-corrected chi connectivity index (χ0v) is 15.7. The Balaban J connectivity index is 1.83. The maximum atomic E-state index is 12.8. The maximum Gasteiger partial charge on any atom is 0.255 e. The lowest BCUT2D eigenvalue weighted by atomic mass is 10.2. The fourth-order valence-electron chi connectivity index (χ4n) is 2.97. The second-order valence-electron chi connectivity index (χ2n) is 6.09. The van der Waals surface area contributed by atoms with Crippen LogP contribution in [0.15, 0.2) is 23.1 Å². The number of morpholine rings is 1. The molecule has 0 aliphatic carbocycles. The van der Waals surface area contributed by atoms with E-state index in [0.717, 1.165) is 6.41 Å². The first kappa shape index (κ1) is 19.1. The van der Waals surface area contributed by atoms with Crippen molar-refractivity contribution in [3.8, 4) is 0 Å². The summed E-state index contributed by atoms with van der Waals surface area (Å²) in [5.41, 5.74) is 0.153. The minimum Gasteiger partial charge on any atom is -0.379 e. The zero-order valence-electron chi connectivity index (χ0n) is 14.1. The molecule has 2 aliphatic heterocycles. The van der Waals surface area contributed by atoms with E-state index in [0.29, 0.717) is 39.4 Å². The summed E-state index contributed by atoms with van der Waals surface area (Å²) in [6.07, 6.45) is 0.754. The molecule has 142 valence electrons. The van der Waals surface area contributed by atoms with Crippen LogP contribution in [0.5, 0.6) is 0 Å². The summed E-state index contributed by atoms with van der Waals surface area (Å²) in [6.45, 7) is 2.91. The molecule has 26 heavy (non-hydrogen) atoms. The van der Waals surface area contributed by atoms with E-state index < -0.39 is 10.0 Å². The predicted molar refractivity (Wildman–Crippen MR) is 94.6 cm³/mol. The van der Waals surface area contributed by atoms with Crippen LogP contribution >= 0.6 is 11.6 Å². The van der Waals surface area contributed by atoms with Crippen LogP contribution < -0.4 is 0 Å². The van der Waals surface area contributed by atoms with Crippen molar-refractivity contribution in [2.75, 3.05) is 52.5 Å². The molecule has 0 radical (unpaired) electrons. The van der Waals surface area contributed by atoms with Gasteiger partial charge in [0.1, 0.15) is 0 Å². The Morgan fingerprint density at radius 2 is 1.73 bits per heavy atom. The van der Waals surface area contributed by atoms with E-state index in [9.17, 15) is 18.0 Å². The number of sulfonamides is 1. The molecule has 1 aromatic rings. The van der Waals surface area contributed by atoms with E-state index in [1.165, 1.54) is 22.5 Å². The summed E-state index contributed by atoms with van der Waals surface area (Å²) in [7, 11) is -3.71. The van der Waals surface area contributed by atoms with Gasteiger partial charge in [-0.05, 0) is 18.2 Å². The third kappa shape index (κ3) is 3.85. The molecular weight excluding hydrogens is 382 g/mol. The first-order chi connectivity index (χ1) is 12.4. The van der Waals surface area contributed by atoms with Crippen molar-refractivity contribution in [3.63, 3.8) is 0 Å². The maximum absolute atomic E-state index is 12.8. The van der Waals surface area contributed by atoms with Crippen molar-refractivity contribution in [3.05, 3.63) is 28.8 Å². The minimum absolute atomic E-state index is 0.0404. The summed E-state index contributed by atoms with van der Waals surface area (Å²) < 4.78 is 32.1. The number of carbonyl (C=O) groups excluding carboxylic acids is 2. The van der Waals surface area contributed by atoms with Gasteiger partial charge in [-0.15, -0.1) is 0 Å². The molecule has 0 spiro atoms. The number of hydrogen-bond acceptors (Lipinski definition) is 5. The molecule has 2 amide bonds. The SMILES string of the molecule is O=CN1CCN(C(=O)c2cc(S(=O)(=O)N3CCOCC3)ccc2Cl)CC1. The monoisotopic (exact) mass is 401 g/mol. The molecular formula is C16H20ClN3O5S. The van der Waals surface area contributed by atoms with Crippen molar-refractivity contribution in [2.24, 2.45) is 0 Å². The second kappa shape index (κ2) is 7.91. The number of carbonyl (C=O) groups is 2. The summed E-state index contributed by atoms with van der Waals surface area (Å²) in [4.78, 5) is 26.8. The summed E-state index contributed by atoms with van der Waals surface area (Å²) in [6, 6.07) is 4.18. The lowest BCUT2D eigenvalue weighted by Crippen LogP contribution is -2.48. The third-order valence-electron chi connectivity index (χ3n) is 4.53. The van der Waals surface area contributed by atoms with Gasteiger partial charge >= 0.3 is 0 Å². The summed E-state index contributed by atoms with van der Waals surface area (Å²) >= 11 is 6.16. The number of hydrogen-bond donors (Lipinski definition) is 0. The number of halogens is 1. The van der Waals surface area contributed by atoms with Crippen LogP contribution in [0.25, 0.3) is 0 Å². The number of benzene rings is 1. The van der Waals surface area contributed by atoms with Gasteiger partial charge < -0.3 is 14.5 Å². The highest BCUT2D eigenvalue weighted by Crippen LogP contribution is 2.25. The fourth-order valence-corrected chi connectivity index (χ4v) is 4.60. The van der Waals surface area contributed by atoms with Crippen molar-refractivity contribution >= 4 is 33.9 Å². The Hall–Kier alpha value is -1.68. The molecule has 2 fully saturated rings. The van der Waals surface area contributed by atoms with Crippen LogP contribution in [0.4, 0.5) is 0 Å². The molecule has 3 rings (SSSR count). The molecule has 2 heterocycles. The van der Waals surface area contributed by atoms with E-state index in [2.05, 4.69) is 0 Å². The molecule has 8 nitrogen and oxygen atoms in total. The summed E-state index contributed by atoms with van der Waals surface area (Å²) in [5.74, 6) is -0.334. The first-order valence-corrected chi connectivity index (χ1v) is 10.1. The number of piperazine rings is 1. The van der Waals surface area contributed by atoms with E-state index in [4.69, 9.17) is 16.3 Å². The highest BCUT2D eigenvalue weighted by molar-refractivity contribution is 7.89. The van der Waals surface area contributed by atoms with Crippen LogP contribution in [-0.4, -0.2) is 87.3 Å². The first-order valence-electron chi connectivity index (χ1n) is 8.29. The van der Waals surface area contributed by atoms with Gasteiger partial charge in [-0.25, -0.2) is 8.42 Å². The average molecular weight is 402 g/mol. The summed E-state index contributed by atoms with van der Waals surface area (Å²) in [5, 5.41) is 0.203. The van der Waals surface area contributed by atoms with Crippen LogP contribution in [0, 0.1) is 0 Å². The normalized spacial score (nSPS) is 19.4. The lowest BCUT2D eigenvalue weighted by Gasteiger charge is -2.33. The Morgan fingerprint density at radius 3 is 2.35 bits per heavy atom. The largest absolute Gasteiger partial charge is 0.379 e. The van der Waals surface area contributed by atoms with Gasteiger partial charge in [0, 0.05) is 39.3 Å². The average Bonchev–Trinajstić information content (AvgIpc) is 2.68. The Bertz CT molecular complexity index is 787. The molecule has 0 atom stereocenters. The van der Waals surface area contributed by atoms with Gasteiger partial charge in [0.15, 0.2) is 0 Å². The van der Waals surface area contributed by atoms with E-state index in [1.807, 2.05) is 0 Å². The van der Waals surface area contributed by atoms with E-state index >= 15 is 0 Å². The molecule has 10 heteroatoms. The van der Waals surface area contributed by atoms with Crippen LogP contribution in [-0.2, 0) is 19.6 Å².